The second-order valence-electron chi connectivity index (χ2n) is 4.91. The summed E-state index contributed by atoms with van der Waals surface area (Å²) >= 11 is 0. The van der Waals surface area contributed by atoms with Gasteiger partial charge in [-0.25, -0.2) is 8.78 Å². The van der Waals surface area contributed by atoms with Gasteiger partial charge < -0.3 is 14.4 Å². The maximum absolute atomic E-state index is 13.2. The van der Waals surface area contributed by atoms with E-state index in [4.69, 9.17) is 4.74 Å². The van der Waals surface area contributed by atoms with Gasteiger partial charge in [0.25, 0.3) is 0 Å². The van der Waals surface area contributed by atoms with E-state index in [1.54, 1.807) is 11.7 Å². The van der Waals surface area contributed by atoms with Crippen LogP contribution in [0.15, 0.2) is 0 Å². The summed E-state index contributed by atoms with van der Waals surface area (Å²) in [7, 11) is 1.59. The first kappa shape index (κ1) is 14.3. The highest BCUT2D eigenvalue weighted by atomic mass is 19.3. The van der Waals surface area contributed by atoms with Gasteiger partial charge in [-0.15, -0.1) is 10.2 Å². The quantitative estimate of drug-likeness (QED) is 0.888. The number of ether oxygens (including phenoxy) is 1. The molecule has 1 N–H and O–H groups in total. The van der Waals surface area contributed by atoms with Crippen LogP contribution in [0.1, 0.15) is 43.3 Å². The second kappa shape index (κ2) is 5.92. The number of aliphatic hydroxyl groups is 1. The number of aliphatic hydroxyl groups excluding tert-OH is 1. The predicted octanol–water partition coefficient (Wildman–Crippen LogP) is 1.71. The Kier molecular flexibility index (Phi) is 4.46. The number of aromatic nitrogens is 3. The molecule has 0 aliphatic heterocycles. The fraction of sp³-hybridized carbons (Fsp3) is 0.833. The lowest BCUT2D eigenvalue weighted by Gasteiger charge is -2.28. The molecule has 108 valence electrons. The van der Waals surface area contributed by atoms with E-state index in [-0.39, 0.29) is 25.4 Å². The van der Waals surface area contributed by atoms with Gasteiger partial charge in [-0.3, -0.25) is 0 Å². The lowest BCUT2D eigenvalue weighted by Crippen LogP contribution is -2.25. The SMILES string of the molecule is COCCn1c(CO)nnc1C1CCC(F)(F)CC1. The van der Waals surface area contributed by atoms with Crippen molar-refractivity contribution in [3.05, 3.63) is 11.6 Å². The zero-order valence-corrected chi connectivity index (χ0v) is 11.0. The summed E-state index contributed by atoms with van der Waals surface area (Å²) in [5.74, 6) is -1.40. The van der Waals surface area contributed by atoms with Crippen molar-refractivity contribution in [3.63, 3.8) is 0 Å². The Hall–Kier alpha value is -1.08. The first-order valence-corrected chi connectivity index (χ1v) is 6.47. The van der Waals surface area contributed by atoms with Crippen molar-refractivity contribution in [2.24, 2.45) is 0 Å². The summed E-state index contributed by atoms with van der Waals surface area (Å²) in [5.41, 5.74) is 0. The third-order valence-electron chi connectivity index (χ3n) is 3.60. The van der Waals surface area contributed by atoms with Gasteiger partial charge in [0.2, 0.25) is 5.92 Å². The van der Waals surface area contributed by atoms with Crippen LogP contribution < -0.4 is 0 Å². The van der Waals surface area contributed by atoms with Crippen molar-refractivity contribution < 1.29 is 18.6 Å². The Morgan fingerprint density at radius 1 is 1.37 bits per heavy atom. The summed E-state index contributed by atoms with van der Waals surface area (Å²) in [6.07, 6.45) is 0.597. The van der Waals surface area contributed by atoms with Crippen LogP contribution in [-0.4, -0.2) is 39.5 Å². The van der Waals surface area contributed by atoms with Gasteiger partial charge >= 0.3 is 0 Å². The number of hydrogen-bond donors (Lipinski definition) is 1. The summed E-state index contributed by atoms with van der Waals surface area (Å²) < 4.78 is 33.1. The molecule has 0 bridgehead atoms. The van der Waals surface area contributed by atoms with Crippen molar-refractivity contribution >= 4 is 0 Å². The number of alkyl halides is 2. The van der Waals surface area contributed by atoms with E-state index >= 15 is 0 Å². The van der Waals surface area contributed by atoms with Gasteiger partial charge in [0, 0.05) is 32.4 Å². The Morgan fingerprint density at radius 3 is 2.63 bits per heavy atom. The molecule has 1 heterocycles. The van der Waals surface area contributed by atoms with Gasteiger partial charge in [0.05, 0.1) is 6.61 Å². The van der Waals surface area contributed by atoms with Crippen LogP contribution in [-0.2, 0) is 17.9 Å². The van der Waals surface area contributed by atoms with Crippen molar-refractivity contribution in [1.82, 2.24) is 14.8 Å². The Labute approximate surface area is 110 Å². The number of hydrogen-bond acceptors (Lipinski definition) is 4. The topological polar surface area (TPSA) is 60.2 Å². The van der Waals surface area contributed by atoms with Crippen LogP contribution in [0, 0.1) is 0 Å². The molecule has 1 aliphatic carbocycles. The van der Waals surface area contributed by atoms with E-state index in [0.29, 0.717) is 37.6 Å². The van der Waals surface area contributed by atoms with Gasteiger partial charge in [-0.1, -0.05) is 0 Å². The molecule has 0 unspecified atom stereocenters. The third-order valence-corrected chi connectivity index (χ3v) is 3.60. The maximum Gasteiger partial charge on any atom is 0.248 e. The highest BCUT2D eigenvalue weighted by Crippen LogP contribution is 2.40. The minimum absolute atomic E-state index is 0.00992. The molecule has 1 aliphatic rings. The third kappa shape index (κ3) is 3.27. The van der Waals surface area contributed by atoms with Crippen LogP contribution in [0.5, 0.6) is 0 Å². The van der Waals surface area contributed by atoms with Crippen LogP contribution in [0.4, 0.5) is 8.78 Å². The number of halogens is 2. The first-order chi connectivity index (χ1) is 9.07. The minimum atomic E-state index is -2.55. The fourth-order valence-electron chi connectivity index (χ4n) is 2.49. The monoisotopic (exact) mass is 275 g/mol. The summed E-state index contributed by atoms with van der Waals surface area (Å²) in [5, 5.41) is 17.2. The number of rotatable bonds is 5. The molecule has 7 heteroatoms. The van der Waals surface area contributed by atoms with E-state index in [0.717, 1.165) is 0 Å². The van der Waals surface area contributed by atoms with Crippen molar-refractivity contribution in [2.75, 3.05) is 13.7 Å². The molecular weight excluding hydrogens is 256 g/mol. The zero-order chi connectivity index (χ0) is 13.9. The van der Waals surface area contributed by atoms with E-state index in [1.807, 2.05) is 0 Å². The van der Waals surface area contributed by atoms with Crippen molar-refractivity contribution in [2.45, 2.75) is 50.7 Å². The van der Waals surface area contributed by atoms with Gasteiger partial charge in [-0.05, 0) is 12.8 Å². The molecule has 1 aromatic rings. The largest absolute Gasteiger partial charge is 0.388 e. The van der Waals surface area contributed by atoms with Crippen LogP contribution in [0.2, 0.25) is 0 Å². The summed E-state index contributed by atoms with van der Waals surface area (Å²) in [6, 6.07) is 0. The number of nitrogens with zero attached hydrogens (tertiary/aromatic N) is 3. The first-order valence-electron chi connectivity index (χ1n) is 6.47. The lowest BCUT2D eigenvalue weighted by molar-refractivity contribution is -0.0390. The molecule has 0 spiro atoms. The molecule has 2 rings (SSSR count). The predicted molar refractivity (Wildman–Crippen MR) is 64.0 cm³/mol. The molecule has 0 amide bonds. The smallest absolute Gasteiger partial charge is 0.248 e. The van der Waals surface area contributed by atoms with Gasteiger partial charge in [-0.2, -0.15) is 0 Å². The number of methoxy groups -OCH3 is 1. The Morgan fingerprint density at radius 2 is 2.05 bits per heavy atom. The maximum atomic E-state index is 13.2. The molecule has 0 aromatic carbocycles. The molecule has 0 radical (unpaired) electrons. The van der Waals surface area contributed by atoms with E-state index in [2.05, 4.69) is 10.2 Å². The van der Waals surface area contributed by atoms with Crippen LogP contribution in [0.25, 0.3) is 0 Å². The van der Waals surface area contributed by atoms with Crippen LogP contribution in [0.3, 0.4) is 0 Å². The average molecular weight is 275 g/mol. The van der Waals surface area contributed by atoms with Crippen molar-refractivity contribution in [1.29, 1.82) is 0 Å². The molecule has 1 fully saturated rings. The molecule has 1 saturated carbocycles. The fourth-order valence-corrected chi connectivity index (χ4v) is 2.49. The zero-order valence-electron chi connectivity index (χ0n) is 11.0. The summed E-state index contributed by atoms with van der Waals surface area (Å²) in [4.78, 5) is 0. The van der Waals surface area contributed by atoms with Crippen molar-refractivity contribution in [3.8, 4) is 0 Å². The van der Waals surface area contributed by atoms with Gasteiger partial charge in [0.15, 0.2) is 5.82 Å². The average Bonchev–Trinajstić information content (AvgIpc) is 2.79. The van der Waals surface area contributed by atoms with E-state index in [1.165, 1.54) is 0 Å². The highest BCUT2D eigenvalue weighted by Gasteiger charge is 2.37. The van der Waals surface area contributed by atoms with Crippen LogP contribution >= 0.6 is 0 Å². The molecule has 1 aromatic heterocycles. The summed E-state index contributed by atoms with van der Waals surface area (Å²) in [6.45, 7) is 0.794. The van der Waals surface area contributed by atoms with E-state index in [9.17, 15) is 13.9 Å². The molecule has 19 heavy (non-hydrogen) atoms. The molecule has 0 saturated heterocycles. The standard InChI is InChI=1S/C12H19F2N3O2/c1-19-7-6-17-10(8-18)15-16-11(17)9-2-4-12(13,14)5-3-9/h9,18H,2-8H2,1H3. The normalized spacial score (nSPS) is 19.8. The Bertz CT molecular complexity index is 413. The molecular formula is C12H19F2N3O2. The Balaban J connectivity index is 2.13. The van der Waals surface area contributed by atoms with Gasteiger partial charge in [0.1, 0.15) is 12.4 Å². The second-order valence-corrected chi connectivity index (χ2v) is 4.91. The highest BCUT2D eigenvalue weighted by molar-refractivity contribution is 5.04. The minimum Gasteiger partial charge on any atom is -0.388 e. The molecule has 5 nitrogen and oxygen atoms in total. The molecule has 0 atom stereocenters. The van der Waals surface area contributed by atoms with E-state index < -0.39 is 5.92 Å². The lowest BCUT2D eigenvalue weighted by atomic mass is 9.86.